The van der Waals surface area contributed by atoms with E-state index in [9.17, 15) is 9.59 Å². The molecule has 1 saturated carbocycles. The number of carbonyl (C=O) groups excluding carboxylic acids is 2. The van der Waals surface area contributed by atoms with Gasteiger partial charge in [0.25, 0.3) is 0 Å². The van der Waals surface area contributed by atoms with Crippen LogP contribution in [0, 0.1) is 5.41 Å². The van der Waals surface area contributed by atoms with Gasteiger partial charge in [0.1, 0.15) is 12.9 Å². The van der Waals surface area contributed by atoms with Crippen LogP contribution in [0.3, 0.4) is 0 Å². The summed E-state index contributed by atoms with van der Waals surface area (Å²) in [5.74, 6) is 0.402. The Morgan fingerprint density at radius 2 is 2.03 bits per heavy atom. The highest BCUT2D eigenvalue weighted by Crippen LogP contribution is 2.49. The molecule has 1 spiro atoms. The number of carbonyl (C=O) groups is 2. The molecular formula is C21H26N8O3. The Morgan fingerprint density at radius 3 is 2.66 bits per heavy atom. The van der Waals surface area contributed by atoms with Crippen molar-refractivity contribution in [2.45, 2.75) is 64.6 Å². The van der Waals surface area contributed by atoms with Crippen LogP contribution in [0.2, 0.25) is 0 Å². The van der Waals surface area contributed by atoms with E-state index in [0.29, 0.717) is 24.0 Å². The number of ether oxygens (including phenoxy) is 1. The van der Waals surface area contributed by atoms with E-state index in [1.54, 1.807) is 6.92 Å². The Hall–Kier alpha value is -3.21. The lowest BCUT2D eigenvalue weighted by atomic mass is 9.70. The summed E-state index contributed by atoms with van der Waals surface area (Å²) in [6, 6.07) is 4.15. The van der Waals surface area contributed by atoms with Crippen LogP contribution in [-0.4, -0.2) is 65.9 Å². The number of cyclic esters (lactones) is 1. The van der Waals surface area contributed by atoms with Gasteiger partial charge in [0, 0.05) is 18.6 Å². The van der Waals surface area contributed by atoms with Gasteiger partial charge < -0.3 is 15.0 Å². The largest absolute Gasteiger partial charge is 0.456 e. The Morgan fingerprint density at radius 1 is 1.22 bits per heavy atom. The zero-order valence-electron chi connectivity index (χ0n) is 18.2. The normalized spacial score (nSPS) is 28.1. The smallest absolute Gasteiger partial charge is 0.336 e. The number of hydrogen-bond acceptors (Lipinski definition) is 9. The van der Waals surface area contributed by atoms with E-state index < -0.39 is 0 Å². The van der Waals surface area contributed by atoms with Crippen molar-refractivity contribution in [1.82, 2.24) is 40.6 Å². The van der Waals surface area contributed by atoms with E-state index in [2.05, 4.69) is 38.0 Å². The van der Waals surface area contributed by atoms with Gasteiger partial charge in [-0.15, -0.1) is 10.2 Å². The zero-order chi connectivity index (χ0) is 22.3. The third-order valence-electron chi connectivity index (χ3n) is 6.97. The minimum absolute atomic E-state index is 0.0837. The number of hydrogen-bond donors (Lipinski definition) is 1. The van der Waals surface area contributed by atoms with Crippen molar-refractivity contribution in [3.05, 3.63) is 35.4 Å². The highest BCUT2D eigenvalue weighted by atomic mass is 16.5. The monoisotopic (exact) mass is 438 g/mol. The lowest BCUT2D eigenvalue weighted by Crippen LogP contribution is -2.42. The number of nitrogens with zero attached hydrogens (tertiary/aromatic N) is 7. The molecule has 0 unspecified atom stereocenters. The summed E-state index contributed by atoms with van der Waals surface area (Å²) in [5, 5.41) is 22.9. The Balaban J connectivity index is 1.17. The van der Waals surface area contributed by atoms with Gasteiger partial charge in [0.15, 0.2) is 5.82 Å². The zero-order valence-corrected chi connectivity index (χ0v) is 18.2. The van der Waals surface area contributed by atoms with Crippen LogP contribution in [0.25, 0.3) is 5.82 Å². The second-order valence-electron chi connectivity index (χ2n) is 8.95. The van der Waals surface area contributed by atoms with Gasteiger partial charge in [-0.2, -0.15) is 9.78 Å². The summed E-state index contributed by atoms with van der Waals surface area (Å²) in [7, 11) is 0. The molecule has 11 heteroatoms. The lowest BCUT2D eigenvalue weighted by molar-refractivity contribution is -0.138. The highest BCUT2D eigenvalue weighted by molar-refractivity contribution is 5.94. The van der Waals surface area contributed by atoms with Crippen LogP contribution in [0.4, 0.5) is 0 Å². The highest BCUT2D eigenvalue weighted by Gasteiger charge is 2.53. The van der Waals surface area contributed by atoms with Gasteiger partial charge in [-0.3, -0.25) is 4.79 Å². The number of nitrogens with one attached hydrogen (secondary N) is 1. The molecule has 0 bridgehead atoms. The molecule has 4 heterocycles. The van der Waals surface area contributed by atoms with Crippen molar-refractivity contribution in [1.29, 1.82) is 0 Å². The van der Waals surface area contributed by atoms with Gasteiger partial charge in [0.2, 0.25) is 5.91 Å². The first-order valence-corrected chi connectivity index (χ1v) is 11.0. The number of rotatable bonds is 5. The average Bonchev–Trinajstić information content (AvgIpc) is 3.50. The molecule has 2 aliphatic heterocycles. The molecule has 168 valence electrons. The summed E-state index contributed by atoms with van der Waals surface area (Å²) < 4.78 is 6.60. The minimum Gasteiger partial charge on any atom is -0.456 e. The molecule has 11 nitrogen and oxygen atoms in total. The van der Waals surface area contributed by atoms with Crippen LogP contribution >= 0.6 is 0 Å². The maximum atomic E-state index is 13.4. The SMILES string of the molecule is CC1=C(N2C(=O)C3(CCC(NCc4ccc(-n5cnnn5)nn4)CC3)C[C@@H]2C)COC1=O. The van der Waals surface area contributed by atoms with E-state index in [1.165, 1.54) is 11.0 Å². The van der Waals surface area contributed by atoms with E-state index in [4.69, 9.17) is 4.74 Å². The maximum absolute atomic E-state index is 13.4. The predicted molar refractivity (Wildman–Crippen MR) is 111 cm³/mol. The number of esters is 1. The van der Waals surface area contributed by atoms with Crippen molar-refractivity contribution in [3.63, 3.8) is 0 Å². The molecule has 2 aromatic heterocycles. The fourth-order valence-corrected chi connectivity index (χ4v) is 5.18. The van der Waals surface area contributed by atoms with Crippen molar-refractivity contribution in [2.24, 2.45) is 5.41 Å². The van der Waals surface area contributed by atoms with E-state index in [1.807, 2.05) is 17.0 Å². The molecule has 1 atom stereocenters. The molecule has 1 saturated heterocycles. The van der Waals surface area contributed by atoms with Crippen LogP contribution < -0.4 is 5.32 Å². The Bertz CT molecular complexity index is 1040. The molecule has 1 aliphatic carbocycles. The third-order valence-corrected chi connectivity index (χ3v) is 6.97. The van der Waals surface area contributed by atoms with Gasteiger partial charge in [0.05, 0.1) is 22.4 Å². The van der Waals surface area contributed by atoms with Crippen molar-refractivity contribution in [3.8, 4) is 5.82 Å². The first-order valence-electron chi connectivity index (χ1n) is 11.0. The molecule has 0 aromatic carbocycles. The molecule has 0 radical (unpaired) electrons. The van der Waals surface area contributed by atoms with Gasteiger partial charge in [-0.25, -0.2) is 4.79 Å². The average molecular weight is 438 g/mol. The molecular weight excluding hydrogens is 412 g/mol. The van der Waals surface area contributed by atoms with Crippen molar-refractivity contribution >= 4 is 11.9 Å². The fourth-order valence-electron chi connectivity index (χ4n) is 5.18. The van der Waals surface area contributed by atoms with Gasteiger partial charge >= 0.3 is 5.97 Å². The van der Waals surface area contributed by atoms with Gasteiger partial charge in [-0.05, 0) is 68.5 Å². The Kier molecular flexibility index (Phi) is 5.20. The number of tetrazole rings is 1. The summed E-state index contributed by atoms with van der Waals surface area (Å²) >= 11 is 0. The van der Waals surface area contributed by atoms with E-state index >= 15 is 0 Å². The molecule has 1 N–H and O–H groups in total. The second-order valence-corrected chi connectivity index (χ2v) is 8.95. The molecule has 32 heavy (non-hydrogen) atoms. The van der Waals surface area contributed by atoms with E-state index in [-0.39, 0.29) is 29.9 Å². The standard InChI is InChI=1S/C21H26N8O3/c1-13-9-21(20(31)29(13)17-11-32-19(30)14(17)2)7-5-15(6-8-21)22-10-16-3-4-18(25-24-16)28-12-23-26-27-28/h3-4,12-13,15,22H,5-11H2,1-2H3/t13-,15?,21?/m0/s1. The van der Waals surface area contributed by atoms with Crippen LogP contribution in [0.5, 0.6) is 0 Å². The predicted octanol–water partition coefficient (Wildman–Crippen LogP) is 0.922. The van der Waals surface area contributed by atoms with Crippen molar-refractivity contribution in [2.75, 3.05) is 6.61 Å². The Labute approximate surface area is 185 Å². The summed E-state index contributed by atoms with van der Waals surface area (Å²) in [4.78, 5) is 27.0. The molecule has 1 amide bonds. The van der Waals surface area contributed by atoms with Gasteiger partial charge in [-0.1, -0.05) is 0 Å². The quantitative estimate of drug-likeness (QED) is 0.678. The topological polar surface area (TPSA) is 128 Å². The fraction of sp³-hybridized carbons (Fsp3) is 0.571. The van der Waals surface area contributed by atoms with E-state index in [0.717, 1.165) is 43.5 Å². The molecule has 5 rings (SSSR count). The molecule has 2 aromatic rings. The third kappa shape index (κ3) is 3.56. The number of amides is 1. The van der Waals surface area contributed by atoms with Crippen LogP contribution in [0.1, 0.15) is 51.6 Å². The number of likely N-dealkylation sites (tertiary alicyclic amines) is 1. The first kappa shape index (κ1) is 20.7. The molecule has 2 fully saturated rings. The first-order chi connectivity index (χ1) is 15.5. The number of aromatic nitrogens is 6. The van der Waals surface area contributed by atoms with Crippen LogP contribution in [0.15, 0.2) is 29.7 Å². The maximum Gasteiger partial charge on any atom is 0.336 e. The summed E-state index contributed by atoms with van der Waals surface area (Å²) in [6.45, 7) is 4.63. The second kappa shape index (κ2) is 8.05. The summed E-state index contributed by atoms with van der Waals surface area (Å²) in [5.41, 5.74) is 1.81. The summed E-state index contributed by atoms with van der Waals surface area (Å²) in [6.07, 6.45) is 5.84. The minimum atomic E-state index is -0.330. The lowest BCUT2D eigenvalue weighted by Gasteiger charge is -2.36. The van der Waals surface area contributed by atoms with Crippen molar-refractivity contribution < 1.29 is 14.3 Å². The molecule has 3 aliphatic rings. The van der Waals surface area contributed by atoms with Crippen LogP contribution in [-0.2, 0) is 20.9 Å².